The van der Waals surface area contributed by atoms with Crippen molar-refractivity contribution >= 4 is 45.5 Å². The first-order valence-electron chi connectivity index (χ1n) is 17.7. The van der Waals surface area contributed by atoms with Crippen LogP contribution in [-0.2, 0) is 33.8 Å². The lowest BCUT2D eigenvalue weighted by molar-refractivity contribution is -0.151. The van der Waals surface area contributed by atoms with Gasteiger partial charge >= 0.3 is 0 Å². The number of hydrogen-bond donors (Lipinski definition) is 4. The molecule has 14 heteroatoms. The van der Waals surface area contributed by atoms with Crippen molar-refractivity contribution in [3.05, 3.63) is 57.7 Å². The van der Waals surface area contributed by atoms with Gasteiger partial charge in [-0.2, -0.15) is 0 Å². The van der Waals surface area contributed by atoms with Crippen LogP contribution in [0.25, 0.3) is 0 Å². The molecule has 3 aromatic heterocycles. The third kappa shape index (κ3) is 12.4. The van der Waals surface area contributed by atoms with Crippen molar-refractivity contribution in [2.45, 2.75) is 103 Å². The fourth-order valence-corrected chi connectivity index (χ4v) is 7.76. The number of likely N-dealkylation sites (N-methyl/N-ethyl adjacent to an activating group) is 1. The molecule has 0 aromatic carbocycles. The van der Waals surface area contributed by atoms with E-state index in [0.29, 0.717) is 36.6 Å². The molecule has 274 valence electrons. The number of hydrogen-bond acceptors (Lipinski definition) is 11. The molecule has 0 unspecified atom stereocenters. The fourth-order valence-electron chi connectivity index (χ4n) is 6.63. The Morgan fingerprint density at radius 1 is 1.06 bits per heavy atom. The van der Waals surface area contributed by atoms with Gasteiger partial charge in [0.05, 0.1) is 30.3 Å². The zero-order valence-corrected chi connectivity index (χ0v) is 31.1. The summed E-state index contributed by atoms with van der Waals surface area (Å²) in [6.07, 6.45) is 7.40. The predicted molar refractivity (Wildman–Crippen MR) is 196 cm³/mol. The summed E-state index contributed by atoms with van der Waals surface area (Å²) in [5.41, 5.74) is 7.35. The first-order chi connectivity index (χ1) is 24.0. The van der Waals surface area contributed by atoms with Crippen LogP contribution in [0.15, 0.2) is 41.4 Å². The number of nitrogens with one attached hydrogen (secondary N) is 1. The molecule has 0 aliphatic heterocycles. The highest BCUT2D eigenvalue weighted by Gasteiger charge is 2.40. The molecule has 3 amide bonds. The monoisotopic (exact) mass is 727 g/mol. The van der Waals surface area contributed by atoms with Crippen LogP contribution in [0.3, 0.4) is 0 Å². The van der Waals surface area contributed by atoms with E-state index in [2.05, 4.69) is 20.3 Å². The van der Waals surface area contributed by atoms with Gasteiger partial charge in [0.2, 0.25) is 17.7 Å². The van der Waals surface area contributed by atoms with Gasteiger partial charge in [-0.05, 0) is 36.8 Å². The number of anilines is 1. The first-order valence-corrected chi connectivity index (χ1v) is 19.4. The van der Waals surface area contributed by atoms with Crippen LogP contribution < -0.4 is 11.1 Å². The van der Waals surface area contributed by atoms with Crippen LogP contribution in [0.2, 0.25) is 0 Å². The van der Waals surface area contributed by atoms with Crippen molar-refractivity contribution in [2.75, 3.05) is 25.9 Å². The zero-order valence-electron chi connectivity index (χ0n) is 29.4. The molecule has 5 N–H and O–H groups in total. The Balaban J connectivity index is 1.65. The summed E-state index contributed by atoms with van der Waals surface area (Å²) in [6, 6.07) is 4.79. The maximum absolute atomic E-state index is 14.9. The fraction of sp³-hybridized carbons (Fsp3) is 0.611. The standard InChI is InChI=1S/C36H53N7O5S2/c1-24(2)17-30(44)34(47)29(18-25-9-5-4-6-10-25)43(22-33(46)42(3)15-12-27-11-7-8-13-38-27)35(48)26(19-28-23-50-36(37)41-28)20-31(45)40-21-32-39-14-16-49-32/h7-8,11,13-14,16,23-26,29-30,34,44,47H,4-6,9-10,12,15,17-22H2,1-3H3,(H2,37,41)(H,40,45)/t26-,29+,30+,34-/m1/s1. The van der Waals surface area contributed by atoms with Gasteiger partial charge in [0.25, 0.3) is 0 Å². The summed E-state index contributed by atoms with van der Waals surface area (Å²) in [4.78, 5) is 58.2. The second kappa shape index (κ2) is 19.8. The van der Waals surface area contributed by atoms with Crippen LogP contribution in [0.1, 0.15) is 81.6 Å². The van der Waals surface area contributed by atoms with E-state index in [4.69, 9.17) is 5.73 Å². The van der Waals surface area contributed by atoms with E-state index in [1.165, 1.54) is 27.6 Å². The summed E-state index contributed by atoms with van der Waals surface area (Å²) < 4.78 is 0. The minimum Gasteiger partial charge on any atom is -0.390 e. The Morgan fingerprint density at radius 3 is 2.48 bits per heavy atom. The molecular weight excluding hydrogens is 675 g/mol. The topological polar surface area (TPSA) is 175 Å². The molecule has 4 atom stereocenters. The summed E-state index contributed by atoms with van der Waals surface area (Å²) >= 11 is 2.67. The maximum Gasteiger partial charge on any atom is 0.241 e. The second-order valence-electron chi connectivity index (χ2n) is 13.8. The lowest BCUT2D eigenvalue weighted by Crippen LogP contribution is -2.56. The van der Waals surface area contributed by atoms with Gasteiger partial charge in [-0.1, -0.05) is 52.0 Å². The predicted octanol–water partition coefficient (Wildman–Crippen LogP) is 4.08. The van der Waals surface area contributed by atoms with Crippen LogP contribution in [0.5, 0.6) is 0 Å². The van der Waals surface area contributed by atoms with E-state index in [-0.39, 0.29) is 49.6 Å². The van der Waals surface area contributed by atoms with Crippen LogP contribution in [0.4, 0.5) is 5.13 Å². The van der Waals surface area contributed by atoms with Gasteiger partial charge < -0.3 is 31.1 Å². The number of carbonyl (C=O) groups excluding carboxylic acids is 3. The van der Waals surface area contributed by atoms with Gasteiger partial charge in [-0.25, -0.2) is 9.97 Å². The lowest BCUT2D eigenvalue weighted by Gasteiger charge is -2.41. The molecule has 0 bridgehead atoms. The minimum absolute atomic E-state index is 0.0999. The Kier molecular flexibility index (Phi) is 15.6. The third-order valence-corrected chi connectivity index (χ3v) is 10.9. The molecule has 0 saturated heterocycles. The average Bonchev–Trinajstić information content (AvgIpc) is 3.79. The molecule has 12 nitrogen and oxygen atoms in total. The van der Waals surface area contributed by atoms with Gasteiger partial charge in [0.1, 0.15) is 17.7 Å². The summed E-state index contributed by atoms with van der Waals surface area (Å²) in [5.74, 6) is -1.67. The second-order valence-corrected chi connectivity index (χ2v) is 15.7. The van der Waals surface area contributed by atoms with Crippen LogP contribution >= 0.6 is 22.7 Å². The molecule has 1 saturated carbocycles. The normalized spacial score (nSPS) is 16.0. The smallest absolute Gasteiger partial charge is 0.241 e. The van der Waals surface area contributed by atoms with Gasteiger partial charge in [-0.3, -0.25) is 19.4 Å². The molecule has 1 aliphatic rings. The Bertz CT molecular complexity index is 1470. The molecule has 0 spiro atoms. The van der Waals surface area contributed by atoms with E-state index in [0.717, 1.165) is 42.8 Å². The number of rotatable bonds is 19. The van der Waals surface area contributed by atoms with Crippen molar-refractivity contribution in [2.24, 2.45) is 17.8 Å². The van der Waals surface area contributed by atoms with Gasteiger partial charge in [0, 0.05) is 61.7 Å². The first kappa shape index (κ1) is 39.3. The number of aromatic nitrogens is 3. The molecule has 3 heterocycles. The Morgan fingerprint density at radius 2 is 1.84 bits per heavy atom. The highest BCUT2D eigenvalue weighted by atomic mass is 32.1. The van der Waals surface area contributed by atoms with Crippen molar-refractivity contribution in [1.82, 2.24) is 30.1 Å². The third-order valence-electron chi connectivity index (χ3n) is 9.37. The molecule has 1 fully saturated rings. The minimum atomic E-state index is -1.29. The quantitative estimate of drug-likeness (QED) is 0.142. The van der Waals surface area contributed by atoms with Crippen molar-refractivity contribution in [3.63, 3.8) is 0 Å². The molecule has 50 heavy (non-hydrogen) atoms. The largest absolute Gasteiger partial charge is 0.390 e. The number of nitrogens with two attached hydrogens (primary N) is 1. The highest BCUT2D eigenvalue weighted by Crippen LogP contribution is 2.32. The number of aliphatic hydroxyl groups excluding tert-OH is 2. The highest BCUT2D eigenvalue weighted by molar-refractivity contribution is 7.13. The van der Waals surface area contributed by atoms with Crippen LogP contribution in [0, 0.1) is 17.8 Å². The number of amides is 3. The number of carbonyl (C=O) groups is 3. The zero-order chi connectivity index (χ0) is 36.0. The Hall–Kier alpha value is -3.46. The van der Waals surface area contributed by atoms with Crippen molar-refractivity contribution in [3.8, 4) is 0 Å². The molecule has 3 aromatic rings. The number of nitrogen functional groups attached to an aromatic ring is 1. The molecule has 1 aliphatic carbocycles. The van der Waals surface area contributed by atoms with E-state index < -0.39 is 30.1 Å². The van der Waals surface area contributed by atoms with E-state index >= 15 is 0 Å². The SMILES string of the molecule is CC(C)C[C@H](O)[C@H](O)[C@H](CC1CCCCC1)N(CC(=O)N(C)CCc1ccccn1)C(=O)[C@@H](CC(=O)NCc1nccs1)Cc1csc(N)n1. The molecule has 4 rings (SSSR count). The van der Waals surface area contributed by atoms with Gasteiger partial charge in [-0.15, -0.1) is 22.7 Å². The molecule has 0 radical (unpaired) electrons. The van der Waals surface area contributed by atoms with Crippen molar-refractivity contribution in [1.29, 1.82) is 0 Å². The summed E-state index contributed by atoms with van der Waals surface area (Å²) in [7, 11) is 1.69. The molecular formula is C36H53N7O5S2. The number of thiazole rings is 2. The Labute approximate surface area is 303 Å². The number of pyridine rings is 1. The van der Waals surface area contributed by atoms with E-state index in [9.17, 15) is 24.6 Å². The summed E-state index contributed by atoms with van der Waals surface area (Å²) in [5, 5.41) is 30.7. The van der Waals surface area contributed by atoms with Crippen molar-refractivity contribution < 1.29 is 24.6 Å². The van der Waals surface area contributed by atoms with Crippen LogP contribution in [-0.4, -0.2) is 91.1 Å². The van der Waals surface area contributed by atoms with E-state index in [1.807, 2.05) is 37.4 Å². The average molecular weight is 728 g/mol. The van der Waals surface area contributed by atoms with Gasteiger partial charge in [0.15, 0.2) is 5.13 Å². The summed E-state index contributed by atoms with van der Waals surface area (Å²) in [6.45, 7) is 4.24. The number of aliphatic hydroxyl groups is 2. The number of nitrogens with zero attached hydrogens (tertiary/aromatic N) is 5. The lowest BCUT2D eigenvalue weighted by atomic mass is 9.81. The van der Waals surface area contributed by atoms with E-state index in [1.54, 1.807) is 29.7 Å². The maximum atomic E-state index is 14.9.